The number of nitrogens with two attached hydrogens (primary N) is 2. The molecule has 0 spiro atoms. The maximum Gasteiger partial charge on any atom is 0.0547 e. The third-order valence-electron chi connectivity index (χ3n) is 11.1. The maximum absolute atomic E-state index is 6.98. The van der Waals surface area contributed by atoms with Gasteiger partial charge >= 0.3 is 0 Å². The average molecular weight is 663 g/mol. The van der Waals surface area contributed by atoms with Gasteiger partial charge in [0.2, 0.25) is 0 Å². The van der Waals surface area contributed by atoms with E-state index >= 15 is 0 Å². The smallest absolute Gasteiger partial charge is 0.0547 e. The van der Waals surface area contributed by atoms with Crippen LogP contribution in [0.4, 0.5) is 0 Å². The molecule has 1 heterocycles. The van der Waals surface area contributed by atoms with Gasteiger partial charge in [-0.2, -0.15) is 0 Å². The topological polar surface area (TPSA) is 69.0 Å². The Balaban J connectivity index is 1.07. The molecule has 4 heteroatoms. The first-order valence-corrected chi connectivity index (χ1v) is 18.0. The number of benzene rings is 6. The van der Waals surface area contributed by atoms with Crippen molar-refractivity contribution in [2.75, 3.05) is 0 Å². The summed E-state index contributed by atoms with van der Waals surface area (Å²) in [5.41, 5.74) is 22.4. The van der Waals surface area contributed by atoms with E-state index in [0.717, 1.165) is 30.8 Å². The minimum absolute atomic E-state index is 0.0478. The monoisotopic (exact) mass is 662 g/mol. The van der Waals surface area contributed by atoms with E-state index in [-0.39, 0.29) is 12.0 Å². The minimum atomic E-state index is -0.436. The van der Waals surface area contributed by atoms with E-state index in [9.17, 15) is 0 Å². The van der Waals surface area contributed by atoms with Gasteiger partial charge in [-0.05, 0) is 93.9 Å². The number of fused-ring (bicyclic) bond motifs is 7. The first-order valence-electron chi connectivity index (χ1n) is 18.0. The molecule has 9 rings (SSSR count). The Hall–Kier alpha value is -5.68. The van der Waals surface area contributed by atoms with E-state index in [1.54, 1.807) is 0 Å². The summed E-state index contributed by atoms with van der Waals surface area (Å²) < 4.78 is 2.43. The number of aromatic nitrogens is 1. The molecule has 7 aromatic rings. The highest BCUT2D eigenvalue weighted by Gasteiger charge is 2.35. The predicted molar refractivity (Wildman–Crippen MR) is 216 cm³/mol. The Morgan fingerprint density at radius 3 is 2.04 bits per heavy atom. The third-order valence-corrected chi connectivity index (χ3v) is 11.1. The van der Waals surface area contributed by atoms with Crippen LogP contribution in [-0.2, 0) is 6.54 Å². The van der Waals surface area contributed by atoms with Crippen molar-refractivity contribution >= 4 is 48.9 Å². The lowest BCUT2D eigenvalue weighted by molar-refractivity contribution is 0.394. The molecule has 0 radical (unpaired) electrons. The molecule has 4 nitrogen and oxygen atoms in total. The van der Waals surface area contributed by atoms with Crippen molar-refractivity contribution in [1.29, 1.82) is 0 Å². The van der Waals surface area contributed by atoms with Gasteiger partial charge < -0.3 is 21.4 Å². The summed E-state index contributed by atoms with van der Waals surface area (Å²) >= 11 is 0. The second-order valence-electron chi connectivity index (χ2n) is 14.4. The molecular formula is C47H42N4. The fourth-order valence-corrected chi connectivity index (χ4v) is 8.46. The second kappa shape index (κ2) is 12.6. The molecule has 0 saturated heterocycles. The summed E-state index contributed by atoms with van der Waals surface area (Å²) in [6.45, 7) is 2.87. The zero-order valence-electron chi connectivity index (χ0n) is 28.9. The Labute approximate surface area is 299 Å². The van der Waals surface area contributed by atoms with Crippen LogP contribution in [0.1, 0.15) is 30.9 Å². The van der Waals surface area contributed by atoms with Crippen LogP contribution in [0.3, 0.4) is 0 Å². The lowest BCUT2D eigenvalue weighted by Crippen LogP contribution is -2.50. The summed E-state index contributed by atoms with van der Waals surface area (Å²) in [5.74, 6) is 0.203. The van der Waals surface area contributed by atoms with E-state index < -0.39 is 5.54 Å². The molecule has 0 saturated carbocycles. The van der Waals surface area contributed by atoms with Crippen molar-refractivity contribution in [3.63, 3.8) is 0 Å². The van der Waals surface area contributed by atoms with Crippen LogP contribution in [0.15, 0.2) is 169 Å². The van der Waals surface area contributed by atoms with Crippen molar-refractivity contribution in [3.05, 3.63) is 180 Å². The van der Waals surface area contributed by atoms with Gasteiger partial charge in [-0.1, -0.05) is 127 Å². The molecule has 3 atom stereocenters. The van der Waals surface area contributed by atoms with Crippen LogP contribution in [0.5, 0.6) is 0 Å². The number of hydrogen-bond donors (Lipinski definition) is 3. The standard InChI is InChI=1S/C47H42N4/c1-47(49)28-10-9-17-40(47)46(35-20-25-41(48)39(29-35)32-11-3-2-4-12-32)50-30-31-18-23-36(24-19-31)51-42-26-21-33-13-5-7-15-37(33)44(42)45-38-16-8-6-14-34(38)22-27-43(45)51/h2-27,35,46,50H,28-30,48-49H2,1H3. The molecule has 250 valence electrons. The van der Waals surface area contributed by atoms with Gasteiger partial charge in [-0.3, -0.25) is 0 Å². The Kier molecular flexibility index (Phi) is 7.72. The van der Waals surface area contributed by atoms with Crippen LogP contribution in [0.2, 0.25) is 0 Å². The van der Waals surface area contributed by atoms with Gasteiger partial charge in [0.25, 0.3) is 0 Å². The summed E-state index contributed by atoms with van der Waals surface area (Å²) in [4.78, 5) is 0. The van der Waals surface area contributed by atoms with E-state index in [4.69, 9.17) is 11.5 Å². The largest absolute Gasteiger partial charge is 0.398 e. The second-order valence-corrected chi connectivity index (χ2v) is 14.4. The molecule has 0 aliphatic heterocycles. The molecule has 0 bridgehead atoms. The molecule has 2 aliphatic carbocycles. The van der Waals surface area contributed by atoms with Crippen molar-refractivity contribution < 1.29 is 0 Å². The van der Waals surface area contributed by atoms with Crippen LogP contribution in [0, 0.1) is 5.92 Å². The molecule has 51 heavy (non-hydrogen) atoms. The minimum Gasteiger partial charge on any atom is -0.398 e. The average Bonchev–Trinajstić information content (AvgIpc) is 3.52. The zero-order chi connectivity index (χ0) is 34.5. The quantitative estimate of drug-likeness (QED) is 0.159. The molecule has 5 N–H and O–H groups in total. The van der Waals surface area contributed by atoms with E-state index in [2.05, 4.69) is 175 Å². The van der Waals surface area contributed by atoms with Gasteiger partial charge in [0.05, 0.1) is 11.0 Å². The lowest BCUT2D eigenvalue weighted by Gasteiger charge is -2.39. The molecule has 2 aliphatic rings. The predicted octanol–water partition coefficient (Wildman–Crippen LogP) is 10.1. The van der Waals surface area contributed by atoms with Crippen molar-refractivity contribution in [3.8, 4) is 5.69 Å². The lowest BCUT2D eigenvalue weighted by atomic mass is 9.74. The first kappa shape index (κ1) is 31.3. The summed E-state index contributed by atoms with van der Waals surface area (Å²) in [6.07, 6.45) is 12.6. The highest BCUT2D eigenvalue weighted by Crippen LogP contribution is 2.41. The van der Waals surface area contributed by atoms with Crippen molar-refractivity contribution in [2.45, 2.75) is 37.9 Å². The number of nitrogens with zero attached hydrogens (tertiary/aromatic N) is 1. The molecule has 0 fully saturated rings. The number of hydrogen-bond acceptors (Lipinski definition) is 3. The highest BCUT2D eigenvalue weighted by atomic mass is 15.0. The Morgan fingerprint density at radius 2 is 1.39 bits per heavy atom. The van der Waals surface area contributed by atoms with E-state index in [1.807, 2.05) is 0 Å². The maximum atomic E-state index is 6.98. The Bertz CT molecular complexity index is 2470. The van der Waals surface area contributed by atoms with Gasteiger partial charge in [0, 0.05) is 46.2 Å². The van der Waals surface area contributed by atoms with Gasteiger partial charge in [-0.15, -0.1) is 0 Å². The van der Waals surface area contributed by atoms with Gasteiger partial charge in [0.1, 0.15) is 0 Å². The van der Waals surface area contributed by atoms with Crippen molar-refractivity contribution in [1.82, 2.24) is 9.88 Å². The van der Waals surface area contributed by atoms with Crippen LogP contribution >= 0.6 is 0 Å². The van der Waals surface area contributed by atoms with Crippen LogP contribution in [-0.4, -0.2) is 16.1 Å². The number of allylic oxidation sites excluding steroid dienone is 4. The SMILES string of the molecule is CC1(N)CC=CC=C1C(NCc1ccc(-n2c3ccc4ccccc4c3c3c4ccccc4ccc32)cc1)C1C=CC(N)=C(c2ccccc2)C1. The third kappa shape index (κ3) is 5.48. The number of rotatable bonds is 7. The molecule has 1 aromatic heterocycles. The molecule has 3 unspecified atom stereocenters. The van der Waals surface area contributed by atoms with Crippen LogP contribution in [0.25, 0.3) is 54.6 Å². The molecule has 6 aromatic carbocycles. The fraction of sp³-hybridized carbons (Fsp3) is 0.149. The van der Waals surface area contributed by atoms with E-state index in [1.165, 1.54) is 65.6 Å². The van der Waals surface area contributed by atoms with Gasteiger partial charge in [0.15, 0.2) is 0 Å². The zero-order valence-corrected chi connectivity index (χ0v) is 28.9. The normalized spacial score (nSPS) is 19.7. The van der Waals surface area contributed by atoms with Crippen LogP contribution < -0.4 is 16.8 Å². The first-order chi connectivity index (χ1) is 25.0. The highest BCUT2D eigenvalue weighted by molar-refractivity contribution is 6.28. The Morgan fingerprint density at radius 1 is 0.765 bits per heavy atom. The summed E-state index contributed by atoms with van der Waals surface area (Å²) in [6, 6.07) is 46.2. The summed E-state index contributed by atoms with van der Waals surface area (Å²) in [7, 11) is 0. The van der Waals surface area contributed by atoms with E-state index in [0.29, 0.717) is 0 Å². The van der Waals surface area contributed by atoms with Gasteiger partial charge in [-0.25, -0.2) is 0 Å². The van der Waals surface area contributed by atoms with Crippen molar-refractivity contribution in [2.24, 2.45) is 17.4 Å². The molecular weight excluding hydrogens is 621 g/mol. The number of nitrogens with one attached hydrogen (secondary N) is 1. The molecule has 0 amide bonds. The summed E-state index contributed by atoms with van der Waals surface area (Å²) in [5, 5.41) is 11.7. The fourth-order valence-electron chi connectivity index (χ4n) is 8.46.